The molecule has 23 heavy (non-hydrogen) atoms. The molecular weight excluding hydrogens is 360 g/mol. The maximum Gasteiger partial charge on any atom is 0.220 e. The summed E-state index contributed by atoms with van der Waals surface area (Å²) < 4.78 is 13.3. The average molecular weight is 381 g/mol. The Balaban J connectivity index is 1.83. The molecule has 5 nitrogen and oxygen atoms in total. The lowest BCUT2D eigenvalue weighted by Crippen LogP contribution is -2.50. The van der Waals surface area contributed by atoms with Crippen LogP contribution in [0.4, 0.5) is 0 Å². The Kier molecular flexibility index (Phi) is 3.66. The zero-order valence-electron chi connectivity index (χ0n) is 13.5. The van der Waals surface area contributed by atoms with Crippen LogP contribution in [-0.2, 0) is 15.3 Å². The molecule has 3 aliphatic rings. The first-order chi connectivity index (χ1) is 11.0. The summed E-state index contributed by atoms with van der Waals surface area (Å²) in [4.78, 5) is 11.1. The number of halogens is 1. The van der Waals surface area contributed by atoms with Crippen molar-refractivity contribution in [3.8, 4) is 5.75 Å². The van der Waals surface area contributed by atoms with Gasteiger partial charge in [0.2, 0.25) is 5.72 Å². The second-order valence-corrected chi connectivity index (χ2v) is 7.56. The standard InChI is InChI=1S/C17H21BrN2O3/c1-12-19-17(23-20(12)2)10-16(7-3-4-8-21-11-16)22-15-6-5-13(18)9-14(15)17/h5-6,9H,3-4,7-8,10-11H2,1-2H3. The van der Waals surface area contributed by atoms with Gasteiger partial charge in [0.15, 0.2) is 0 Å². The van der Waals surface area contributed by atoms with Crippen molar-refractivity contribution in [2.45, 2.75) is 43.9 Å². The number of benzene rings is 1. The van der Waals surface area contributed by atoms with Crippen LogP contribution in [0.1, 0.15) is 38.2 Å². The van der Waals surface area contributed by atoms with Crippen molar-refractivity contribution in [1.29, 1.82) is 0 Å². The minimum absolute atomic E-state index is 0.369. The smallest absolute Gasteiger partial charge is 0.220 e. The van der Waals surface area contributed by atoms with Gasteiger partial charge in [0, 0.05) is 24.5 Å². The topological polar surface area (TPSA) is 43.3 Å². The zero-order valence-corrected chi connectivity index (χ0v) is 15.1. The van der Waals surface area contributed by atoms with E-state index in [2.05, 4.69) is 22.0 Å². The fourth-order valence-corrected chi connectivity index (χ4v) is 4.09. The molecule has 4 rings (SSSR count). The van der Waals surface area contributed by atoms with Gasteiger partial charge in [0.05, 0.1) is 12.2 Å². The molecule has 0 bridgehead atoms. The lowest BCUT2D eigenvalue weighted by atomic mass is 9.82. The number of hydrogen-bond donors (Lipinski definition) is 0. The molecule has 1 fully saturated rings. The van der Waals surface area contributed by atoms with E-state index in [-0.39, 0.29) is 5.60 Å². The summed E-state index contributed by atoms with van der Waals surface area (Å²) >= 11 is 3.55. The summed E-state index contributed by atoms with van der Waals surface area (Å²) in [6.45, 7) is 3.36. The highest BCUT2D eigenvalue weighted by atomic mass is 79.9. The molecule has 0 radical (unpaired) electrons. The summed E-state index contributed by atoms with van der Waals surface area (Å²) in [5.41, 5.74) is -0.110. The number of hydroxylamine groups is 2. The van der Waals surface area contributed by atoms with Crippen LogP contribution in [0.3, 0.4) is 0 Å². The van der Waals surface area contributed by atoms with E-state index >= 15 is 0 Å². The molecule has 1 aromatic rings. The normalized spacial score (nSPS) is 33.3. The molecule has 0 saturated carbocycles. The lowest BCUT2D eigenvalue weighted by molar-refractivity contribution is -0.209. The largest absolute Gasteiger partial charge is 0.484 e. The first-order valence-corrected chi connectivity index (χ1v) is 8.87. The minimum Gasteiger partial charge on any atom is -0.484 e. The summed E-state index contributed by atoms with van der Waals surface area (Å²) in [5, 5.41) is 1.75. The average Bonchev–Trinajstić information content (AvgIpc) is 2.67. The highest BCUT2D eigenvalue weighted by Gasteiger charge is 2.54. The van der Waals surface area contributed by atoms with E-state index in [1.54, 1.807) is 5.06 Å². The van der Waals surface area contributed by atoms with Gasteiger partial charge in [-0.2, -0.15) is 0 Å². The van der Waals surface area contributed by atoms with E-state index in [9.17, 15) is 0 Å². The summed E-state index contributed by atoms with van der Waals surface area (Å²) in [7, 11) is 1.90. The number of fused-ring (bicyclic) bond motifs is 2. The van der Waals surface area contributed by atoms with Crippen LogP contribution in [0.2, 0.25) is 0 Å². The molecule has 0 N–H and O–H groups in total. The Hall–Kier alpha value is -1.11. The SMILES string of the molecule is CC1=NC2(CC3(CCCCOC3)Oc3ccc(Br)cc32)ON1C. The Morgan fingerprint density at radius 3 is 2.96 bits per heavy atom. The number of ether oxygens (including phenoxy) is 2. The number of amidine groups is 1. The Morgan fingerprint density at radius 1 is 1.30 bits per heavy atom. The molecule has 3 heterocycles. The molecule has 124 valence electrons. The number of hydrogen-bond acceptors (Lipinski definition) is 5. The van der Waals surface area contributed by atoms with Crippen molar-refractivity contribution in [2.75, 3.05) is 20.3 Å². The summed E-state index contributed by atoms with van der Waals surface area (Å²) in [5.74, 6) is 1.72. The second-order valence-electron chi connectivity index (χ2n) is 6.64. The highest BCUT2D eigenvalue weighted by molar-refractivity contribution is 9.10. The fourth-order valence-electron chi connectivity index (χ4n) is 3.73. The van der Waals surface area contributed by atoms with Crippen LogP contribution in [0, 0.1) is 0 Å². The van der Waals surface area contributed by atoms with Crippen molar-refractivity contribution < 1.29 is 14.3 Å². The van der Waals surface area contributed by atoms with Gasteiger partial charge >= 0.3 is 0 Å². The quantitative estimate of drug-likeness (QED) is 0.689. The van der Waals surface area contributed by atoms with E-state index in [1.807, 2.05) is 26.1 Å². The van der Waals surface area contributed by atoms with Crippen molar-refractivity contribution in [2.24, 2.45) is 4.99 Å². The van der Waals surface area contributed by atoms with Gasteiger partial charge in [-0.15, -0.1) is 0 Å². The van der Waals surface area contributed by atoms with Crippen molar-refractivity contribution in [1.82, 2.24) is 5.06 Å². The molecule has 2 unspecified atom stereocenters. The lowest BCUT2D eigenvalue weighted by Gasteiger charge is -2.44. The van der Waals surface area contributed by atoms with Crippen molar-refractivity contribution in [3.05, 3.63) is 28.2 Å². The Labute approximate surface area is 144 Å². The number of aliphatic imine (C=N–C) groups is 1. The van der Waals surface area contributed by atoms with Crippen LogP contribution in [0.5, 0.6) is 5.75 Å². The molecule has 0 aromatic heterocycles. The molecular formula is C17H21BrN2O3. The van der Waals surface area contributed by atoms with Gasteiger partial charge in [-0.1, -0.05) is 15.9 Å². The summed E-state index contributed by atoms with van der Waals surface area (Å²) in [6, 6.07) is 6.05. The monoisotopic (exact) mass is 380 g/mol. The molecule has 2 atom stereocenters. The predicted octanol–water partition coefficient (Wildman–Crippen LogP) is 3.62. The van der Waals surface area contributed by atoms with Gasteiger partial charge < -0.3 is 9.47 Å². The number of nitrogens with zero attached hydrogens (tertiary/aromatic N) is 2. The van der Waals surface area contributed by atoms with Crippen LogP contribution in [0.25, 0.3) is 0 Å². The molecule has 1 saturated heterocycles. The third-order valence-electron chi connectivity index (χ3n) is 4.87. The van der Waals surface area contributed by atoms with E-state index in [4.69, 9.17) is 19.3 Å². The Bertz CT molecular complexity index is 655. The van der Waals surface area contributed by atoms with E-state index < -0.39 is 5.72 Å². The van der Waals surface area contributed by atoms with Gasteiger partial charge in [0.25, 0.3) is 0 Å². The molecule has 3 aliphatic heterocycles. The maximum atomic E-state index is 6.44. The second kappa shape index (κ2) is 5.46. The van der Waals surface area contributed by atoms with Crippen LogP contribution >= 0.6 is 15.9 Å². The molecule has 1 aromatic carbocycles. The van der Waals surface area contributed by atoms with E-state index in [0.717, 1.165) is 47.5 Å². The van der Waals surface area contributed by atoms with E-state index in [1.165, 1.54) is 0 Å². The van der Waals surface area contributed by atoms with Crippen LogP contribution in [0.15, 0.2) is 27.7 Å². The Morgan fingerprint density at radius 2 is 2.17 bits per heavy atom. The van der Waals surface area contributed by atoms with Gasteiger partial charge in [0.1, 0.15) is 17.2 Å². The van der Waals surface area contributed by atoms with Crippen LogP contribution < -0.4 is 4.74 Å². The molecule has 6 heteroatoms. The van der Waals surface area contributed by atoms with Crippen molar-refractivity contribution >= 4 is 21.8 Å². The molecule has 2 spiro atoms. The van der Waals surface area contributed by atoms with Gasteiger partial charge in [-0.25, -0.2) is 14.9 Å². The van der Waals surface area contributed by atoms with Gasteiger partial charge in [-0.3, -0.25) is 0 Å². The van der Waals surface area contributed by atoms with Crippen molar-refractivity contribution in [3.63, 3.8) is 0 Å². The number of rotatable bonds is 0. The third kappa shape index (κ3) is 2.57. The summed E-state index contributed by atoms with van der Waals surface area (Å²) in [6.07, 6.45) is 3.81. The predicted molar refractivity (Wildman–Crippen MR) is 90.4 cm³/mol. The fraction of sp³-hybridized carbons (Fsp3) is 0.588. The molecule has 0 amide bonds. The van der Waals surface area contributed by atoms with Crippen LogP contribution in [-0.4, -0.2) is 36.8 Å². The maximum absolute atomic E-state index is 6.44. The first kappa shape index (κ1) is 15.4. The first-order valence-electron chi connectivity index (χ1n) is 8.08. The third-order valence-corrected chi connectivity index (χ3v) is 5.37. The zero-order chi connectivity index (χ0) is 16.1. The van der Waals surface area contributed by atoms with E-state index in [0.29, 0.717) is 13.0 Å². The molecule has 0 aliphatic carbocycles. The van der Waals surface area contributed by atoms with Gasteiger partial charge in [-0.05, 0) is 44.4 Å². The highest BCUT2D eigenvalue weighted by Crippen LogP contribution is 2.51. The minimum atomic E-state index is -0.718.